The number of aliphatic hydroxyl groups excluding tert-OH is 1. The van der Waals surface area contributed by atoms with Crippen LogP contribution in [0.2, 0.25) is 0 Å². The Morgan fingerprint density at radius 2 is 1.88 bits per heavy atom. The van der Waals surface area contributed by atoms with E-state index in [1.165, 1.54) is 0 Å². The SMILES string of the molecule is N=C1C(c2ccccc2)=C(O)CN1C1CC1. The highest BCUT2D eigenvalue weighted by Gasteiger charge is 2.37. The first-order chi connectivity index (χ1) is 7.77. The van der Waals surface area contributed by atoms with Crippen LogP contribution < -0.4 is 0 Å². The first-order valence-electron chi connectivity index (χ1n) is 5.60. The first kappa shape index (κ1) is 9.46. The molecule has 0 saturated heterocycles. The molecule has 2 aliphatic rings. The van der Waals surface area contributed by atoms with E-state index >= 15 is 0 Å². The maximum atomic E-state index is 9.96. The zero-order valence-corrected chi connectivity index (χ0v) is 8.98. The minimum Gasteiger partial charge on any atom is -0.510 e. The molecule has 3 rings (SSSR count). The van der Waals surface area contributed by atoms with Crippen molar-refractivity contribution >= 4 is 11.4 Å². The summed E-state index contributed by atoms with van der Waals surface area (Å²) in [6.07, 6.45) is 2.30. The van der Waals surface area contributed by atoms with Crippen molar-refractivity contribution in [1.29, 1.82) is 5.41 Å². The molecule has 1 heterocycles. The smallest absolute Gasteiger partial charge is 0.132 e. The first-order valence-corrected chi connectivity index (χ1v) is 5.60. The summed E-state index contributed by atoms with van der Waals surface area (Å²) < 4.78 is 0. The average molecular weight is 214 g/mol. The van der Waals surface area contributed by atoms with Gasteiger partial charge in [-0.1, -0.05) is 30.3 Å². The predicted octanol–water partition coefficient (Wildman–Crippen LogP) is 2.41. The van der Waals surface area contributed by atoms with E-state index in [4.69, 9.17) is 5.41 Å². The summed E-state index contributed by atoms with van der Waals surface area (Å²) in [7, 11) is 0. The Balaban J connectivity index is 1.95. The van der Waals surface area contributed by atoms with Crippen LogP contribution in [0.25, 0.3) is 5.57 Å². The summed E-state index contributed by atoms with van der Waals surface area (Å²) in [5.41, 5.74) is 1.64. The Kier molecular flexibility index (Phi) is 1.99. The molecule has 82 valence electrons. The predicted molar refractivity (Wildman–Crippen MR) is 63.4 cm³/mol. The van der Waals surface area contributed by atoms with Gasteiger partial charge in [-0.25, -0.2) is 0 Å². The van der Waals surface area contributed by atoms with Crippen molar-refractivity contribution in [2.45, 2.75) is 18.9 Å². The minimum atomic E-state index is 0.336. The summed E-state index contributed by atoms with van der Waals surface area (Å²) in [6, 6.07) is 10.2. The molecule has 0 bridgehead atoms. The Labute approximate surface area is 94.5 Å². The zero-order valence-electron chi connectivity index (χ0n) is 8.98. The molecule has 0 amide bonds. The van der Waals surface area contributed by atoms with E-state index in [0.717, 1.165) is 18.4 Å². The molecule has 2 N–H and O–H groups in total. The van der Waals surface area contributed by atoms with Crippen LogP contribution >= 0.6 is 0 Å². The molecule has 1 aromatic carbocycles. The summed E-state index contributed by atoms with van der Waals surface area (Å²) in [5, 5.41) is 18.1. The molecule has 16 heavy (non-hydrogen) atoms. The van der Waals surface area contributed by atoms with E-state index in [1.807, 2.05) is 35.2 Å². The van der Waals surface area contributed by atoms with E-state index < -0.39 is 0 Å². The van der Waals surface area contributed by atoms with Crippen LogP contribution in [-0.4, -0.2) is 28.4 Å². The van der Waals surface area contributed by atoms with E-state index in [1.54, 1.807) is 0 Å². The molecule has 0 aromatic heterocycles. The molecular weight excluding hydrogens is 200 g/mol. The van der Waals surface area contributed by atoms with Crippen molar-refractivity contribution in [2.24, 2.45) is 0 Å². The van der Waals surface area contributed by atoms with Gasteiger partial charge >= 0.3 is 0 Å². The van der Waals surface area contributed by atoms with Gasteiger partial charge in [0.05, 0.1) is 12.1 Å². The molecule has 1 saturated carbocycles. The number of amidine groups is 1. The van der Waals surface area contributed by atoms with Crippen molar-refractivity contribution in [1.82, 2.24) is 4.90 Å². The fourth-order valence-corrected chi connectivity index (χ4v) is 2.21. The van der Waals surface area contributed by atoms with Crippen molar-refractivity contribution in [3.63, 3.8) is 0 Å². The van der Waals surface area contributed by atoms with E-state index in [-0.39, 0.29) is 0 Å². The number of nitrogens with zero attached hydrogens (tertiary/aromatic N) is 1. The van der Waals surface area contributed by atoms with Crippen LogP contribution in [0.15, 0.2) is 36.1 Å². The lowest BCUT2D eigenvalue weighted by Crippen LogP contribution is -2.28. The van der Waals surface area contributed by atoms with Crippen molar-refractivity contribution < 1.29 is 5.11 Å². The molecule has 0 unspecified atom stereocenters. The second-order valence-corrected chi connectivity index (χ2v) is 4.40. The van der Waals surface area contributed by atoms with Gasteiger partial charge in [-0.2, -0.15) is 0 Å². The summed E-state index contributed by atoms with van der Waals surface area (Å²) in [5.74, 6) is 0.814. The Morgan fingerprint density at radius 1 is 1.19 bits per heavy atom. The van der Waals surface area contributed by atoms with Gasteiger partial charge in [0, 0.05) is 6.04 Å². The van der Waals surface area contributed by atoms with Crippen molar-refractivity contribution in [3.8, 4) is 0 Å². The van der Waals surface area contributed by atoms with E-state index in [0.29, 0.717) is 29.8 Å². The number of rotatable bonds is 2. The fraction of sp³-hybridized carbons (Fsp3) is 0.308. The third-order valence-corrected chi connectivity index (χ3v) is 3.18. The quantitative estimate of drug-likeness (QED) is 0.794. The second kappa shape index (κ2) is 3.37. The van der Waals surface area contributed by atoms with Gasteiger partial charge in [0.2, 0.25) is 0 Å². The fourth-order valence-electron chi connectivity index (χ4n) is 2.21. The van der Waals surface area contributed by atoms with Crippen molar-refractivity contribution in [2.75, 3.05) is 6.54 Å². The maximum Gasteiger partial charge on any atom is 0.132 e. The van der Waals surface area contributed by atoms with Crippen LogP contribution in [-0.2, 0) is 0 Å². The highest BCUT2D eigenvalue weighted by Crippen LogP contribution is 2.35. The van der Waals surface area contributed by atoms with Gasteiger partial charge in [0.25, 0.3) is 0 Å². The van der Waals surface area contributed by atoms with Crippen LogP contribution in [0.3, 0.4) is 0 Å². The third kappa shape index (κ3) is 1.40. The molecule has 3 nitrogen and oxygen atoms in total. The summed E-state index contributed by atoms with van der Waals surface area (Å²) in [4.78, 5) is 2.00. The van der Waals surface area contributed by atoms with Crippen LogP contribution in [0.4, 0.5) is 0 Å². The largest absolute Gasteiger partial charge is 0.510 e. The van der Waals surface area contributed by atoms with E-state index in [2.05, 4.69) is 0 Å². The van der Waals surface area contributed by atoms with Gasteiger partial charge in [0.1, 0.15) is 11.6 Å². The molecule has 0 atom stereocenters. The summed E-state index contributed by atoms with van der Waals surface area (Å²) in [6.45, 7) is 0.508. The zero-order chi connectivity index (χ0) is 11.1. The second-order valence-electron chi connectivity index (χ2n) is 4.40. The number of aliphatic hydroxyl groups is 1. The lowest BCUT2D eigenvalue weighted by molar-refractivity contribution is 0.345. The molecule has 0 radical (unpaired) electrons. The molecule has 1 fully saturated rings. The minimum absolute atomic E-state index is 0.336. The van der Waals surface area contributed by atoms with Gasteiger partial charge in [0.15, 0.2) is 0 Å². The Bertz CT molecular complexity index is 460. The molecule has 1 aliphatic heterocycles. The number of benzene rings is 1. The van der Waals surface area contributed by atoms with Gasteiger partial charge in [-0.15, -0.1) is 0 Å². The van der Waals surface area contributed by atoms with Gasteiger partial charge < -0.3 is 10.0 Å². The van der Waals surface area contributed by atoms with Gasteiger partial charge in [-0.05, 0) is 18.4 Å². The highest BCUT2D eigenvalue weighted by molar-refractivity contribution is 6.23. The number of hydrogen-bond acceptors (Lipinski definition) is 2. The lowest BCUT2D eigenvalue weighted by Gasteiger charge is -2.17. The van der Waals surface area contributed by atoms with Crippen LogP contribution in [0, 0.1) is 5.41 Å². The Morgan fingerprint density at radius 3 is 2.50 bits per heavy atom. The van der Waals surface area contributed by atoms with Gasteiger partial charge in [-0.3, -0.25) is 5.41 Å². The van der Waals surface area contributed by atoms with Crippen LogP contribution in [0.1, 0.15) is 18.4 Å². The van der Waals surface area contributed by atoms with Crippen molar-refractivity contribution in [3.05, 3.63) is 41.7 Å². The normalized spacial score (nSPS) is 20.8. The number of hydrogen-bond donors (Lipinski definition) is 2. The molecular formula is C13H14N2O. The molecule has 3 heteroatoms. The molecule has 1 aromatic rings. The molecule has 0 spiro atoms. The lowest BCUT2D eigenvalue weighted by atomic mass is 10.1. The van der Waals surface area contributed by atoms with Crippen LogP contribution in [0.5, 0.6) is 0 Å². The Hall–Kier alpha value is -1.77. The summed E-state index contributed by atoms with van der Waals surface area (Å²) >= 11 is 0. The molecule has 1 aliphatic carbocycles. The highest BCUT2D eigenvalue weighted by atomic mass is 16.3. The maximum absolute atomic E-state index is 9.96. The van der Waals surface area contributed by atoms with E-state index in [9.17, 15) is 5.11 Å². The number of nitrogens with one attached hydrogen (secondary N) is 1. The standard InChI is InChI=1S/C13H14N2O/c14-13-12(9-4-2-1-3-5-9)11(16)8-15(13)10-6-7-10/h1-5,10,14,16H,6-8H2. The third-order valence-electron chi connectivity index (χ3n) is 3.18. The monoisotopic (exact) mass is 214 g/mol. The topological polar surface area (TPSA) is 47.3 Å². The average Bonchev–Trinajstić information content (AvgIpc) is 3.07.